The maximum absolute atomic E-state index is 12.8. The molecule has 1 atom stereocenters. The predicted molar refractivity (Wildman–Crippen MR) is 132 cm³/mol. The van der Waals surface area contributed by atoms with Crippen molar-refractivity contribution in [3.05, 3.63) is 89.7 Å². The number of aromatic nitrogens is 3. The maximum atomic E-state index is 12.8. The summed E-state index contributed by atoms with van der Waals surface area (Å²) in [4.78, 5) is 17.4. The highest BCUT2D eigenvalue weighted by Gasteiger charge is 2.20. The minimum Gasteiger partial charge on any atom is -0.462 e. The molecule has 4 rings (SSSR count). The second kappa shape index (κ2) is 11.0. The van der Waals surface area contributed by atoms with E-state index in [-0.39, 0.29) is 11.3 Å². The maximum Gasteiger partial charge on any atom is 0.341 e. The van der Waals surface area contributed by atoms with Crippen LogP contribution >= 0.6 is 11.6 Å². The Morgan fingerprint density at radius 2 is 1.82 bits per heavy atom. The number of halogens is 1. The first-order valence-electron chi connectivity index (χ1n) is 11.2. The highest BCUT2D eigenvalue weighted by atomic mass is 35.5. The van der Waals surface area contributed by atoms with E-state index in [2.05, 4.69) is 22.3 Å². The second-order valence-electron chi connectivity index (χ2n) is 7.82. The summed E-state index contributed by atoms with van der Waals surface area (Å²) < 4.78 is 7.25. The molecule has 4 aromatic rings. The van der Waals surface area contributed by atoms with Gasteiger partial charge < -0.3 is 10.1 Å². The van der Waals surface area contributed by atoms with Gasteiger partial charge in [0.05, 0.1) is 35.8 Å². The molecule has 0 spiro atoms. The summed E-state index contributed by atoms with van der Waals surface area (Å²) >= 11 is 6.65. The minimum absolute atomic E-state index is 0.254. The number of fused-ring (bicyclic) bond motifs is 1. The minimum atomic E-state index is -0.388. The number of benzene rings is 2. The summed E-state index contributed by atoms with van der Waals surface area (Å²) in [5.41, 5.74) is 3.85. The number of rotatable bonds is 10. The lowest BCUT2D eigenvalue weighted by atomic mass is 10.1. The summed E-state index contributed by atoms with van der Waals surface area (Å²) in [5, 5.41) is 8.45. The number of ether oxygens (including phenoxy) is 1. The molecule has 1 unspecified atom stereocenters. The quantitative estimate of drug-likeness (QED) is 0.178. The van der Waals surface area contributed by atoms with Gasteiger partial charge in [-0.1, -0.05) is 74.0 Å². The zero-order chi connectivity index (χ0) is 23.0. The number of hydrogen-bond acceptors (Lipinski definition) is 5. The van der Waals surface area contributed by atoms with Crippen molar-refractivity contribution < 1.29 is 9.53 Å². The van der Waals surface area contributed by atoms with E-state index in [1.807, 2.05) is 60.7 Å². The van der Waals surface area contributed by atoms with Gasteiger partial charge in [0.15, 0.2) is 5.65 Å². The Labute approximate surface area is 198 Å². The Kier molecular flexibility index (Phi) is 7.58. The zero-order valence-corrected chi connectivity index (χ0v) is 19.3. The number of esters is 1. The topological polar surface area (TPSA) is 69.0 Å². The number of carbonyl (C=O) groups is 1. The molecule has 0 aliphatic heterocycles. The van der Waals surface area contributed by atoms with Crippen molar-refractivity contribution in [2.45, 2.75) is 38.2 Å². The molecule has 2 aromatic heterocycles. The lowest BCUT2D eigenvalue weighted by molar-refractivity contribution is 0.0500. The van der Waals surface area contributed by atoms with Crippen molar-refractivity contribution in [3.8, 4) is 0 Å². The number of alkyl halides is 1. The molecule has 0 aliphatic carbocycles. The molecular formula is C26H27ClN4O2. The van der Waals surface area contributed by atoms with Crippen LogP contribution in [0.1, 0.15) is 46.6 Å². The summed E-state index contributed by atoms with van der Waals surface area (Å²) in [5.74, 6) is -0.388. The lowest BCUT2D eigenvalue weighted by Crippen LogP contribution is -2.12. The highest BCUT2D eigenvalue weighted by molar-refractivity contribution is 6.20. The molecule has 0 saturated carbocycles. The first kappa shape index (κ1) is 22.8. The first-order valence-corrected chi connectivity index (χ1v) is 11.6. The van der Waals surface area contributed by atoms with Gasteiger partial charge in [-0.3, -0.25) is 0 Å². The molecule has 33 heavy (non-hydrogen) atoms. The molecule has 7 heteroatoms. The fraction of sp³-hybridized carbons (Fsp3) is 0.269. The van der Waals surface area contributed by atoms with Gasteiger partial charge >= 0.3 is 5.97 Å². The Morgan fingerprint density at radius 3 is 2.55 bits per heavy atom. The van der Waals surface area contributed by atoms with Gasteiger partial charge in [0.2, 0.25) is 0 Å². The number of carbonyl (C=O) groups excluding carboxylic acids is 1. The van der Waals surface area contributed by atoms with E-state index in [1.165, 1.54) is 0 Å². The molecule has 0 bridgehead atoms. The molecule has 0 fully saturated rings. The Morgan fingerprint density at radius 1 is 1.09 bits per heavy atom. The molecule has 0 saturated heterocycles. The third-order valence-corrected chi connectivity index (χ3v) is 5.81. The molecule has 0 radical (unpaired) electrons. The second-order valence-corrected chi connectivity index (χ2v) is 8.34. The van der Waals surface area contributed by atoms with E-state index >= 15 is 0 Å². The van der Waals surface area contributed by atoms with E-state index in [0.717, 1.165) is 29.4 Å². The predicted octanol–water partition coefficient (Wildman–Crippen LogP) is 5.98. The average Bonchev–Trinajstić information content (AvgIpc) is 3.26. The molecule has 170 valence electrons. The number of unbranched alkanes of at least 4 members (excludes halogenated alkanes) is 1. The third-order valence-electron chi connectivity index (χ3n) is 5.42. The van der Waals surface area contributed by atoms with Crippen LogP contribution in [0.25, 0.3) is 11.0 Å². The molecule has 2 aromatic carbocycles. The van der Waals surface area contributed by atoms with Gasteiger partial charge in [-0.15, -0.1) is 11.6 Å². The molecule has 1 N–H and O–H groups in total. The van der Waals surface area contributed by atoms with E-state index in [4.69, 9.17) is 16.3 Å². The molecule has 6 nitrogen and oxygen atoms in total. The van der Waals surface area contributed by atoms with Crippen molar-refractivity contribution in [2.24, 2.45) is 0 Å². The van der Waals surface area contributed by atoms with Crippen molar-refractivity contribution in [3.63, 3.8) is 0 Å². The standard InChI is InChI=1S/C26H27ClN4O2/c1-2-3-14-33-26(32)22-16-29-25-21(24(22)28-15-19-10-6-4-7-11-19)17-30-31(25)18-23(27)20-12-8-5-9-13-20/h4-13,16-17,23H,2-3,14-15,18H2,1H3,(H,28,29). The van der Waals surface area contributed by atoms with E-state index in [0.29, 0.717) is 36.6 Å². The van der Waals surface area contributed by atoms with Gasteiger partial charge in [0.25, 0.3) is 0 Å². The van der Waals surface area contributed by atoms with Gasteiger partial charge in [-0.05, 0) is 17.5 Å². The SMILES string of the molecule is CCCCOC(=O)c1cnc2c(cnn2CC(Cl)c2ccccc2)c1NCc1ccccc1. The molecule has 0 amide bonds. The van der Waals surface area contributed by atoms with Crippen LogP contribution in [-0.4, -0.2) is 27.3 Å². The van der Waals surface area contributed by atoms with E-state index in [1.54, 1.807) is 17.1 Å². The van der Waals surface area contributed by atoms with Crippen molar-refractivity contribution in [1.29, 1.82) is 0 Å². The van der Waals surface area contributed by atoms with Crippen LogP contribution < -0.4 is 5.32 Å². The largest absolute Gasteiger partial charge is 0.462 e. The monoisotopic (exact) mass is 462 g/mol. The van der Waals surface area contributed by atoms with Crippen LogP contribution in [0.2, 0.25) is 0 Å². The summed E-state index contributed by atoms with van der Waals surface area (Å²) in [6.07, 6.45) is 5.07. The van der Waals surface area contributed by atoms with Gasteiger partial charge in [-0.2, -0.15) is 5.10 Å². The van der Waals surface area contributed by atoms with Crippen LogP contribution in [-0.2, 0) is 17.8 Å². The van der Waals surface area contributed by atoms with E-state index in [9.17, 15) is 4.79 Å². The summed E-state index contributed by atoms with van der Waals surface area (Å²) in [6, 6.07) is 19.9. The fourth-order valence-electron chi connectivity index (χ4n) is 3.60. The zero-order valence-electron chi connectivity index (χ0n) is 18.6. The van der Waals surface area contributed by atoms with Gasteiger partial charge in [0, 0.05) is 12.7 Å². The first-order chi connectivity index (χ1) is 16.2. The smallest absolute Gasteiger partial charge is 0.341 e. The Balaban J connectivity index is 1.65. The molecule has 2 heterocycles. The van der Waals surface area contributed by atoms with Gasteiger partial charge in [-0.25, -0.2) is 14.5 Å². The van der Waals surface area contributed by atoms with Crippen LogP contribution in [0.4, 0.5) is 5.69 Å². The van der Waals surface area contributed by atoms with Gasteiger partial charge in [0.1, 0.15) is 5.56 Å². The average molecular weight is 463 g/mol. The molecular weight excluding hydrogens is 436 g/mol. The summed E-state index contributed by atoms with van der Waals surface area (Å²) in [6.45, 7) is 3.46. The van der Waals surface area contributed by atoms with Crippen LogP contribution in [0.15, 0.2) is 73.1 Å². The van der Waals surface area contributed by atoms with Crippen LogP contribution in [0.3, 0.4) is 0 Å². The number of pyridine rings is 1. The normalized spacial score (nSPS) is 11.9. The lowest BCUT2D eigenvalue weighted by Gasteiger charge is -2.14. The summed E-state index contributed by atoms with van der Waals surface area (Å²) in [7, 11) is 0. The highest BCUT2D eigenvalue weighted by Crippen LogP contribution is 2.29. The Bertz CT molecular complexity index is 1200. The third kappa shape index (κ3) is 5.52. The van der Waals surface area contributed by atoms with Crippen LogP contribution in [0, 0.1) is 0 Å². The molecule has 0 aliphatic rings. The fourth-order valence-corrected chi connectivity index (χ4v) is 3.87. The number of nitrogens with zero attached hydrogens (tertiary/aromatic N) is 3. The number of hydrogen-bond donors (Lipinski definition) is 1. The number of anilines is 1. The van der Waals surface area contributed by atoms with E-state index < -0.39 is 0 Å². The Hall–Kier alpha value is -3.38. The van der Waals surface area contributed by atoms with Crippen LogP contribution in [0.5, 0.6) is 0 Å². The van der Waals surface area contributed by atoms with Crippen molar-refractivity contribution >= 4 is 34.3 Å². The van der Waals surface area contributed by atoms with Crippen molar-refractivity contribution in [1.82, 2.24) is 14.8 Å². The number of nitrogens with one attached hydrogen (secondary N) is 1. The van der Waals surface area contributed by atoms with Crippen molar-refractivity contribution in [2.75, 3.05) is 11.9 Å².